The molecule has 0 heterocycles. The van der Waals surface area contributed by atoms with Gasteiger partial charge in [-0.1, -0.05) is 30.8 Å². The van der Waals surface area contributed by atoms with Gasteiger partial charge in [-0.3, -0.25) is 0 Å². The quantitative estimate of drug-likeness (QED) is 0.743. The van der Waals surface area contributed by atoms with E-state index in [1.807, 2.05) is 52.8 Å². The lowest BCUT2D eigenvalue weighted by atomic mass is 10.2. The van der Waals surface area contributed by atoms with E-state index < -0.39 is 11.0 Å². The van der Waals surface area contributed by atoms with Gasteiger partial charge in [0.15, 0.2) is 0 Å². The number of methoxy groups -OCH3 is 2. The van der Waals surface area contributed by atoms with Crippen LogP contribution in [0.2, 0.25) is 0 Å². The summed E-state index contributed by atoms with van der Waals surface area (Å²) in [5.74, 6) is 1.61. The van der Waals surface area contributed by atoms with E-state index in [0.29, 0.717) is 13.1 Å². The monoisotopic (exact) mass is 331 g/mol. The Kier molecular flexibility index (Phi) is 6.38. The summed E-state index contributed by atoms with van der Waals surface area (Å²) in [7, 11) is 2.03. The average Bonchev–Trinajstić information content (AvgIpc) is 2.61. The maximum atomic E-state index is 12.2. The van der Waals surface area contributed by atoms with Crippen LogP contribution in [0.25, 0.3) is 0 Å². The lowest BCUT2D eigenvalue weighted by Gasteiger charge is -2.20. The Balaban J connectivity index is 2.12. The van der Waals surface area contributed by atoms with Gasteiger partial charge in [0.2, 0.25) is 0 Å². The van der Waals surface area contributed by atoms with Crippen LogP contribution in [-0.2, 0) is 24.1 Å². The zero-order valence-electron chi connectivity index (χ0n) is 13.4. The van der Waals surface area contributed by atoms with Crippen LogP contribution in [0.3, 0.4) is 0 Å². The Hall–Kier alpha value is -2.11. The molecule has 0 N–H and O–H groups in total. The van der Waals surface area contributed by atoms with Gasteiger partial charge in [-0.25, -0.2) is 8.51 Å². The molecule has 0 aliphatic heterocycles. The lowest BCUT2D eigenvalue weighted by molar-refractivity contribution is 0.412. The third kappa shape index (κ3) is 4.94. The Morgan fingerprint density at radius 1 is 0.913 bits per heavy atom. The first-order valence-electron chi connectivity index (χ1n) is 7.20. The van der Waals surface area contributed by atoms with Crippen LogP contribution in [0.1, 0.15) is 11.1 Å². The molecule has 0 saturated heterocycles. The fourth-order valence-corrected chi connectivity index (χ4v) is 2.92. The van der Waals surface area contributed by atoms with E-state index in [1.165, 1.54) is 5.41 Å². The predicted molar refractivity (Wildman–Crippen MR) is 93.6 cm³/mol. The fraction of sp³-hybridized carbons (Fsp3) is 0.222. The van der Waals surface area contributed by atoms with Gasteiger partial charge in [0.1, 0.15) is 22.5 Å². The van der Waals surface area contributed by atoms with E-state index in [-0.39, 0.29) is 0 Å². The molecule has 0 aliphatic carbocycles. The molecular weight excluding hydrogens is 310 g/mol. The molecule has 2 rings (SSSR count). The minimum absolute atomic E-state index is 0.564. The number of ether oxygens (including phenoxy) is 2. The second-order valence-corrected chi connectivity index (χ2v) is 6.34. The molecule has 0 bridgehead atoms. The summed E-state index contributed by atoms with van der Waals surface area (Å²) in [4.78, 5) is 0. The molecule has 1 unspecified atom stereocenters. The molecule has 2 aromatic carbocycles. The minimum Gasteiger partial charge on any atom is -0.497 e. The van der Waals surface area contributed by atoms with Gasteiger partial charge < -0.3 is 9.47 Å². The maximum absolute atomic E-state index is 12.2. The van der Waals surface area contributed by atoms with Crippen molar-refractivity contribution in [2.24, 2.45) is 0 Å². The second kappa shape index (κ2) is 8.50. The molecule has 23 heavy (non-hydrogen) atoms. The normalized spacial score (nSPS) is 12.0. The van der Waals surface area contributed by atoms with Crippen molar-refractivity contribution in [3.63, 3.8) is 0 Å². The van der Waals surface area contributed by atoms with Crippen molar-refractivity contribution in [2.75, 3.05) is 14.2 Å². The van der Waals surface area contributed by atoms with Gasteiger partial charge in [0.25, 0.3) is 0 Å². The van der Waals surface area contributed by atoms with E-state index in [1.54, 1.807) is 14.2 Å². The second-order valence-electron chi connectivity index (χ2n) is 4.94. The summed E-state index contributed by atoms with van der Waals surface area (Å²) in [6.07, 6.45) is 0. The van der Waals surface area contributed by atoms with Gasteiger partial charge in [-0.05, 0) is 35.4 Å². The standard InChI is InChI=1S/C18H21NO3S/c1-4-23(20)19(13-15-5-9-17(21-2)10-6-15)14-16-7-11-18(22-3)12-8-16/h4-12H,1,13-14H2,2-3H3. The van der Waals surface area contributed by atoms with Crippen molar-refractivity contribution < 1.29 is 13.7 Å². The van der Waals surface area contributed by atoms with Crippen molar-refractivity contribution in [1.29, 1.82) is 0 Å². The van der Waals surface area contributed by atoms with Gasteiger partial charge in [0, 0.05) is 18.5 Å². The topological polar surface area (TPSA) is 38.8 Å². The highest BCUT2D eigenvalue weighted by molar-refractivity contribution is 7.85. The van der Waals surface area contributed by atoms with Crippen molar-refractivity contribution >= 4 is 11.0 Å². The van der Waals surface area contributed by atoms with Crippen molar-refractivity contribution in [3.05, 3.63) is 71.6 Å². The van der Waals surface area contributed by atoms with E-state index in [2.05, 4.69) is 6.58 Å². The van der Waals surface area contributed by atoms with E-state index >= 15 is 0 Å². The lowest BCUT2D eigenvalue weighted by Crippen LogP contribution is -2.23. The van der Waals surface area contributed by atoms with E-state index in [0.717, 1.165) is 22.6 Å². The Bertz CT molecular complexity index is 603. The predicted octanol–water partition coefficient (Wildman–Crippen LogP) is 3.51. The largest absolute Gasteiger partial charge is 0.497 e. The highest BCUT2D eigenvalue weighted by Gasteiger charge is 2.12. The van der Waals surface area contributed by atoms with Crippen molar-refractivity contribution in [3.8, 4) is 11.5 Å². The maximum Gasteiger partial charge on any atom is 0.120 e. The number of nitrogens with zero attached hydrogens (tertiary/aromatic N) is 1. The molecule has 2 aromatic rings. The van der Waals surface area contributed by atoms with Crippen LogP contribution < -0.4 is 9.47 Å². The number of rotatable bonds is 8. The zero-order valence-corrected chi connectivity index (χ0v) is 14.2. The van der Waals surface area contributed by atoms with Crippen LogP contribution in [-0.4, -0.2) is 22.7 Å². The third-order valence-corrected chi connectivity index (χ3v) is 4.49. The van der Waals surface area contributed by atoms with Crippen LogP contribution in [0, 0.1) is 0 Å². The molecule has 0 aromatic heterocycles. The number of hydrogen-bond donors (Lipinski definition) is 0. The van der Waals surface area contributed by atoms with E-state index in [9.17, 15) is 4.21 Å². The molecule has 122 valence electrons. The highest BCUT2D eigenvalue weighted by Crippen LogP contribution is 2.18. The molecule has 5 heteroatoms. The Morgan fingerprint density at radius 2 is 1.30 bits per heavy atom. The van der Waals surface area contributed by atoms with Crippen LogP contribution in [0.15, 0.2) is 60.5 Å². The summed E-state index contributed by atoms with van der Waals surface area (Å²) < 4.78 is 24.4. The molecule has 0 saturated carbocycles. The van der Waals surface area contributed by atoms with E-state index in [4.69, 9.17) is 9.47 Å². The first kappa shape index (κ1) is 17.2. The smallest absolute Gasteiger partial charge is 0.120 e. The van der Waals surface area contributed by atoms with Gasteiger partial charge in [-0.15, -0.1) is 0 Å². The SMILES string of the molecule is C=CS(=O)N(Cc1ccc(OC)cc1)Cc1ccc(OC)cc1. The molecule has 0 aliphatic rings. The molecule has 0 spiro atoms. The summed E-state index contributed by atoms with van der Waals surface area (Å²) in [5, 5.41) is 1.45. The summed E-state index contributed by atoms with van der Waals surface area (Å²) in [6, 6.07) is 15.5. The van der Waals surface area contributed by atoms with Crippen molar-refractivity contribution in [2.45, 2.75) is 13.1 Å². The molecule has 0 fully saturated rings. The minimum atomic E-state index is -1.25. The Labute approximate surface area is 139 Å². The van der Waals surface area contributed by atoms with Gasteiger partial charge in [-0.2, -0.15) is 0 Å². The molecule has 4 nitrogen and oxygen atoms in total. The molecule has 0 radical (unpaired) electrons. The van der Waals surface area contributed by atoms with Crippen molar-refractivity contribution in [1.82, 2.24) is 4.31 Å². The van der Waals surface area contributed by atoms with Crippen LogP contribution >= 0.6 is 0 Å². The molecular formula is C18H21NO3S. The highest BCUT2D eigenvalue weighted by atomic mass is 32.2. The van der Waals surface area contributed by atoms with Gasteiger partial charge in [0.05, 0.1) is 14.2 Å². The molecule has 0 amide bonds. The third-order valence-electron chi connectivity index (χ3n) is 3.43. The summed E-state index contributed by atoms with van der Waals surface area (Å²) >= 11 is 0. The fourth-order valence-electron chi connectivity index (χ4n) is 2.16. The van der Waals surface area contributed by atoms with Crippen LogP contribution in [0.5, 0.6) is 11.5 Å². The summed E-state index contributed by atoms with van der Waals surface area (Å²) in [6.45, 7) is 4.77. The average molecular weight is 331 g/mol. The number of benzene rings is 2. The van der Waals surface area contributed by atoms with Crippen LogP contribution in [0.4, 0.5) is 0 Å². The molecule has 1 atom stereocenters. The summed E-state index contributed by atoms with van der Waals surface area (Å²) in [5.41, 5.74) is 2.13. The first-order chi connectivity index (χ1) is 11.2. The zero-order chi connectivity index (χ0) is 16.7. The number of hydrogen-bond acceptors (Lipinski definition) is 3. The van der Waals surface area contributed by atoms with Gasteiger partial charge >= 0.3 is 0 Å². The Morgan fingerprint density at radius 3 is 1.61 bits per heavy atom. The first-order valence-corrected chi connectivity index (χ1v) is 8.37.